The molecular weight excluding hydrogens is 356 g/mol. The number of amides is 1. The zero-order valence-corrected chi connectivity index (χ0v) is 16.1. The van der Waals surface area contributed by atoms with Gasteiger partial charge in [0.2, 0.25) is 0 Å². The zero-order chi connectivity index (χ0) is 18.9. The van der Waals surface area contributed by atoms with Gasteiger partial charge in [0.1, 0.15) is 0 Å². The van der Waals surface area contributed by atoms with E-state index in [1.165, 1.54) is 25.1 Å². The Morgan fingerprint density at radius 2 is 1.88 bits per heavy atom. The highest BCUT2D eigenvalue weighted by Gasteiger charge is 2.47. The maximum atomic E-state index is 12.9. The second-order valence-electron chi connectivity index (χ2n) is 6.94. The molecule has 2 unspecified atom stereocenters. The van der Waals surface area contributed by atoms with Gasteiger partial charge in [0.05, 0.1) is 30.2 Å². The molecule has 0 saturated carbocycles. The highest BCUT2D eigenvalue weighted by molar-refractivity contribution is 7.91. The van der Waals surface area contributed by atoms with E-state index in [0.717, 1.165) is 0 Å². The molecule has 0 radical (unpaired) electrons. The molecule has 2 aliphatic rings. The third-order valence-corrected chi connectivity index (χ3v) is 6.54. The van der Waals surface area contributed by atoms with Gasteiger partial charge in [-0.05, 0) is 13.8 Å². The normalized spacial score (nSPS) is 24.8. The van der Waals surface area contributed by atoms with Crippen LogP contribution in [-0.4, -0.2) is 84.4 Å². The number of methoxy groups -OCH3 is 1. The van der Waals surface area contributed by atoms with E-state index < -0.39 is 9.84 Å². The van der Waals surface area contributed by atoms with Crippen molar-refractivity contribution in [3.8, 4) is 6.01 Å². The number of carbonyl (C=O) groups is 1. The van der Waals surface area contributed by atoms with Crippen molar-refractivity contribution < 1.29 is 17.9 Å². The van der Waals surface area contributed by atoms with Crippen molar-refractivity contribution in [1.29, 1.82) is 0 Å². The smallest absolute Gasteiger partial charge is 0.316 e. The van der Waals surface area contributed by atoms with E-state index in [2.05, 4.69) is 20.9 Å². The second kappa shape index (κ2) is 7.32. The number of aromatic nitrogens is 2. The van der Waals surface area contributed by atoms with E-state index in [9.17, 15) is 13.2 Å². The van der Waals surface area contributed by atoms with Crippen LogP contribution in [0.5, 0.6) is 6.01 Å². The Morgan fingerprint density at radius 3 is 2.50 bits per heavy atom. The van der Waals surface area contributed by atoms with Crippen molar-refractivity contribution in [2.75, 3.05) is 38.2 Å². The number of carbonyl (C=O) groups excluding carboxylic acids is 1. The molecule has 1 aromatic heterocycles. The zero-order valence-electron chi connectivity index (χ0n) is 15.3. The Bertz CT molecular complexity index is 803. The molecule has 0 aromatic carbocycles. The Labute approximate surface area is 153 Å². The Hall–Kier alpha value is -2.00. The maximum Gasteiger partial charge on any atom is 0.316 e. The van der Waals surface area contributed by atoms with Crippen molar-refractivity contribution in [3.05, 3.63) is 29.6 Å². The summed E-state index contributed by atoms with van der Waals surface area (Å²) in [5.74, 6) is -0.135. The number of hydrogen-bond donors (Lipinski definition) is 0. The highest BCUT2D eigenvalue weighted by Crippen LogP contribution is 2.28. The first-order valence-electron chi connectivity index (χ1n) is 8.55. The van der Waals surface area contributed by atoms with Gasteiger partial charge in [-0.2, -0.15) is 0 Å². The van der Waals surface area contributed by atoms with Crippen LogP contribution in [-0.2, 0) is 9.84 Å². The number of piperazine rings is 1. The molecule has 2 fully saturated rings. The molecule has 2 aliphatic heterocycles. The molecule has 0 N–H and O–H groups in total. The molecular formula is C17H24N4O4S. The number of allylic oxidation sites excluding steroid dienone is 1. The Morgan fingerprint density at radius 1 is 1.23 bits per heavy atom. The molecule has 0 bridgehead atoms. The number of hydrogen-bond acceptors (Lipinski definition) is 7. The summed E-state index contributed by atoms with van der Waals surface area (Å²) in [6.07, 6.45) is 4.93. The van der Waals surface area contributed by atoms with E-state index in [0.29, 0.717) is 25.2 Å². The molecule has 0 aliphatic carbocycles. The fourth-order valence-corrected chi connectivity index (χ4v) is 5.51. The van der Waals surface area contributed by atoms with Gasteiger partial charge in [-0.1, -0.05) is 11.6 Å². The highest BCUT2D eigenvalue weighted by atomic mass is 32.2. The van der Waals surface area contributed by atoms with Crippen molar-refractivity contribution in [1.82, 2.24) is 19.8 Å². The lowest BCUT2D eigenvalue weighted by molar-refractivity contribution is 0.0367. The molecule has 2 saturated heterocycles. The number of ether oxygens (including phenoxy) is 1. The standard InChI is InChI=1S/C17H24N4O4S/c1-12(2)4-5-20-6-7-21(15-11-26(23,24)10-14(15)20)16(22)13-8-18-17(25-3)19-9-13/h4,8-9,14-15H,5-7,10-11H2,1-3H3. The molecule has 3 rings (SSSR count). The van der Waals surface area contributed by atoms with E-state index in [1.807, 2.05) is 13.8 Å². The molecule has 1 amide bonds. The van der Waals surface area contributed by atoms with E-state index in [1.54, 1.807) is 4.90 Å². The SMILES string of the molecule is COc1ncc(C(=O)N2CCN(CC=C(C)C)C3CS(=O)(=O)CC32)cn1. The number of fused-ring (bicyclic) bond motifs is 1. The number of sulfone groups is 1. The molecule has 0 spiro atoms. The topological polar surface area (TPSA) is 92.7 Å². The van der Waals surface area contributed by atoms with Gasteiger partial charge in [0.15, 0.2) is 9.84 Å². The summed E-state index contributed by atoms with van der Waals surface area (Å²) < 4.78 is 29.4. The quantitative estimate of drug-likeness (QED) is 0.697. The summed E-state index contributed by atoms with van der Waals surface area (Å²) in [6.45, 7) is 5.87. The largest absolute Gasteiger partial charge is 0.467 e. The van der Waals surface area contributed by atoms with Gasteiger partial charge in [-0.15, -0.1) is 0 Å². The summed E-state index contributed by atoms with van der Waals surface area (Å²) >= 11 is 0. The van der Waals surface area contributed by atoms with Gasteiger partial charge < -0.3 is 9.64 Å². The van der Waals surface area contributed by atoms with Gasteiger partial charge in [-0.25, -0.2) is 18.4 Å². The van der Waals surface area contributed by atoms with Gasteiger partial charge >= 0.3 is 6.01 Å². The van der Waals surface area contributed by atoms with Crippen molar-refractivity contribution in [2.45, 2.75) is 25.9 Å². The van der Waals surface area contributed by atoms with E-state index >= 15 is 0 Å². The summed E-state index contributed by atoms with van der Waals surface area (Å²) in [5, 5.41) is 0. The summed E-state index contributed by atoms with van der Waals surface area (Å²) in [4.78, 5) is 24.7. The number of nitrogens with zero attached hydrogens (tertiary/aromatic N) is 4. The number of rotatable bonds is 4. The third kappa shape index (κ3) is 3.88. The van der Waals surface area contributed by atoms with Crippen LogP contribution in [0.1, 0.15) is 24.2 Å². The minimum atomic E-state index is -3.17. The molecule has 2 atom stereocenters. The molecule has 3 heterocycles. The molecule has 1 aromatic rings. The molecule has 8 nitrogen and oxygen atoms in total. The van der Waals surface area contributed by atoms with Crippen molar-refractivity contribution >= 4 is 15.7 Å². The Kier molecular flexibility index (Phi) is 5.29. The lowest BCUT2D eigenvalue weighted by atomic mass is 10.0. The Balaban J connectivity index is 1.82. The summed E-state index contributed by atoms with van der Waals surface area (Å²) in [5.41, 5.74) is 1.53. The molecule has 9 heteroatoms. The lowest BCUT2D eigenvalue weighted by Crippen LogP contribution is -2.60. The van der Waals surface area contributed by atoms with Gasteiger partial charge in [-0.3, -0.25) is 9.69 Å². The minimum absolute atomic E-state index is 0.00569. The molecule has 142 valence electrons. The first-order chi connectivity index (χ1) is 12.3. The van der Waals surface area contributed by atoms with Crippen LogP contribution in [0.15, 0.2) is 24.0 Å². The van der Waals surface area contributed by atoms with E-state index in [-0.39, 0.29) is 35.5 Å². The third-order valence-electron chi connectivity index (χ3n) is 4.84. The minimum Gasteiger partial charge on any atom is -0.467 e. The average Bonchev–Trinajstić information content (AvgIpc) is 2.94. The van der Waals surface area contributed by atoms with Crippen LogP contribution in [0.2, 0.25) is 0 Å². The van der Waals surface area contributed by atoms with Crippen LogP contribution in [0, 0.1) is 0 Å². The first kappa shape index (κ1) is 18.8. The second-order valence-corrected chi connectivity index (χ2v) is 9.10. The van der Waals surface area contributed by atoms with Crippen LogP contribution in [0.3, 0.4) is 0 Å². The summed E-state index contributed by atoms with van der Waals surface area (Å²) in [6, 6.07) is -0.323. The van der Waals surface area contributed by atoms with Crippen LogP contribution in [0.25, 0.3) is 0 Å². The van der Waals surface area contributed by atoms with Gasteiger partial charge in [0, 0.05) is 38.1 Å². The van der Waals surface area contributed by atoms with Crippen molar-refractivity contribution in [3.63, 3.8) is 0 Å². The van der Waals surface area contributed by atoms with Gasteiger partial charge in [0.25, 0.3) is 5.91 Å². The predicted molar refractivity (Wildman–Crippen MR) is 96.9 cm³/mol. The fourth-order valence-electron chi connectivity index (χ4n) is 3.50. The van der Waals surface area contributed by atoms with E-state index in [4.69, 9.17) is 4.74 Å². The lowest BCUT2D eigenvalue weighted by Gasteiger charge is -2.43. The average molecular weight is 380 g/mol. The maximum absolute atomic E-state index is 12.9. The van der Waals surface area contributed by atoms with Crippen LogP contribution >= 0.6 is 0 Å². The van der Waals surface area contributed by atoms with Crippen LogP contribution < -0.4 is 4.74 Å². The van der Waals surface area contributed by atoms with Crippen molar-refractivity contribution in [2.24, 2.45) is 0 Å². The fraction of sp³-hybridized carbons (Fsp3) is 0.588. The summed E-state index contributed by atoms with van der Waals surface area (Å²) in [7, 11) is -1.71. The first-order valence-corrected chi connectivity index (χ1v) is 10.4. The predicted octanol–water partition coefficient (Wildman–Crippen LogP) is 0.375. The monoisotopic (exact) mass is 380 g/mol. The molecule has 26 heavy (non-hydrogen) atoms. The van der Waals surface area contributed by atoms with Crippen LogP contribution in [0.4, 0.5) is 0 Å².